The van der Waals surface area contributed by atoms with E-state index in [0.29, 0.717) is 11.3 Å². The molecule has 1 heterocycles. The fraction of sp³-hybridized carbons (Fsp3) is 0.125. The Hall–Kier alpha value is -3.42. The maximum atomic E-state index is 10.8. The molecule has 3 rings (SSSR count). The van der Waals surface area contributed by atoms with Gasteiger partial charge in [0.1, 0.15) is 11.5 Å². The average molecular weight is 327 g/mol. The average Bonchev–Trinajstić information content (AvgIpc) is 3.09. The van der Waals surface area contributed by atoms with Gasteiger partial charge in [0.05, 0.1) is 12.0 Å². The van der Waals surface area contributed by atoms with E-state index in [0.717, 1.165) is 5.75 Å². The number of benzene rings is 2. The predicted molar refractivity (Wildman–Crippen MR) is 83.7 cm³/mol. The Kier molecular flexibility index (Phi) is 4.37. The molecule has 0 amide bonds. The van der Waals surface area contributed by atoms with Gasteiger partial charge in [0.2, 0.25) is 5.82 Å². The van der Waals surface area contributed by atoms with Crippen molar-refractivity contribution in [2.45, 2.75) is 6.61 Å². The lowest BCUT2D eigenvalue weighted by Gasteiger charge is -2.04. The molecule has 0 spiro atoms. The lowest BCUT2D eigenvalue weighted by atomic mass is 10.2. The van der Waals surface area contributed by atoms with E-state index in [4.69, 9.17) is 14.0 Å². The quantitative estimate of drug-likeness (QED) is 0.506. The van der Waals surface area contributed by atoms with Crippen LogP contribution in [0.1, 0.15) is 5.89 Å². The Balaban J connectivity index is 1.69. The number of rotatable bonds is 6. The zero-order valence-corrected chi connectivity index (χ0v) is 12.7. The van der Waals surface area contributed by atoms with Crippen molar-refractivity contribution in [3.63, 3.8) is 0 Å². The van der Waals surface area contributed by atoms with Gasteiger partial charge in [-0.05, 0) is 24.3 Å². The van der Waals surface area contributed by atoms with Crippen LogP contribution in [0.25, 0.3) is 11.4 Å². The van der Waals surface area contributed by atoms with Crippen molar-refractivity contribution >= 4 is 5.69 Å². The fourth-order valence-electron chi connectivity index (χ4n) is 2.01. The first-order chi connectivity index (χ1) is 11.7. The van der Waals surface area contributed by atoms with Gasteiger partial charge in [-0.15, -0.1) is 0 Å². The van der Waals surface area contributed by atoms with Crippen LogP contribution in [0.2, 0.25) is 0 Å². The third kappa shape index (κ3) is 3.49. The largest absolute Gasteiger partial charge is 0.497 e. The van der Waals surface area contributed by atoms with Gasteiger partial charge >= 0.3 is 0 Å². The third-order valence-corrected chi connectivity index (χ3v) is 3.21. The highest BCUT2D eigenvalue weighted by Gasteiger charge is 2.13. The first-order valence-corrected chi connectivity index (χ1v) is 7.00. The second-order valence-electron chi connectivity index (χ2n) is 4.78. The Labute approximate surface area is 136 Å². The summed E-state index contributed by atoms with van der Waals surface area (Å²) in [5.41, 5.74) is 0.469. The molecule has 0 bridgehead atoms. The van der Waals surface area contributed by atoms with Gasteiger partial charge in [0, 0.05) is 17.7 Å². The minimum atomic E-state index is -0.475. The maximum Gasteiger partial charge on any atom is 0.270 e. The molecular weight excluding hydrogens is 314 g/mol. The Morgan fingerprint density at radius 2 is 1.92 bits per heavy atom. The van der Waals surface area contributed by atoms with Gasteiger partial charge in [-0.3, -0.25) is 10.1 Å². The van der Waals surface area contributed by atoms with Gasteiger partial charge in [-0.1, -0.05) is 17.3 Å². The summed E-state index contributed by atoms with van der Waals surface area (Å²) >= 11 is 0. The smallest absolute Gasteiger partial charge is 0.270 e. The first-order valence-electron chi connectivity index (χ1n) is 7.00. The maximum absolute atomic E-state index is 10.8. The molecule has 0 atom stereocenters. The van der Waals surface area contributed by atoms with Gasteiger partial charge in [-0.2, -0.15) is 4.98 Å². The lowest BCUT2D eigenvalue weighted by molar-refractivity contribution is -0.384. The van der Waals surface area contributed by atoms with E-state index in [2.05, 4.69) is 10.1 Å². The van der Waals surface area contributed by atoms with E-state index < -0.39 is 4.92 Å². The van der Waals surface area contributed by atoms with Crippen LogP contribution in [0.5, 0.6) is 11.5 Å². The van der Waals surface area contributed by atoms with Crippen molar-refractivity contribution in [2.24, 2.45) is 0 Å². The molecule has 0 aliphatic heterocycles. The van der Waals surface area contributed by atoms with Gasteiger partial charge in [-0.25, -0.2) is 0 Å². The van der Waals surface area contributed by atoms with Crippen molar-refractivity contribution in [1.82, 2.24) is 10.1 Å². The molecule has 2 aromatic carbocycles. The number of aromatic nitrogens is 2. The number of non-ortho nitro benzene ring substituents is 1. The van der Waals surface area contributed by atoms with Crippen molar-refractivity contribution in [3.05, 3.63) is 64.5 Å². The monoisotopic (exact) mass is 327 g/mol. The molecular formula is C16H13N3O5. The lowest BCUT2D eigenvalue weighted by Crippen LogP contribution is -1.96. The number of methoxy groups -OCH3 is 1. The molecule has 24 heavy (non-hydrogen) atoms. The number of nitro benzene ring substituents is 1. The fourth-order valence-corrected chi connectivity index (χ4v) is 2.01. The summed E-state index contributed by atoms with van der Waals surface area (Å²) in [6, 6.07) is 13.1. The summed E-state index contributed by atoms with van der Waals surface area (Å²) in [5, 5.41) is 14.6. The molecule has 122 valence electrons. The van der Waals surface area contributed by atoms with Crippen LogP contribution >= 0.6 is 0 Å². The highest BCUT2D eigenvalue weighted by atomic mass is 16.6. The molecule has 3 aromatic rings. The predicted octanol–water partition coefficient (Wildman–Crippen LogP) is 3.23. The summed E-state index contributed by atoms with van der Waals surface area (Å²) in [7, 11) is 1.59. The molecule has 0 aliphatic carbocycles. The molecule has 1 aromatic heterocycles. The van der Waals surface area contributed by atoms with Crippen molar-refractivity contribution in [3.8, 4) is 22.9 Å². The van der Waals surface area contributed by atoms with Crippen LogP contribution in [0, 0.1) is 10.1 Å². The number of nitro groups is 1. The number of hydrogen-bond donors (Lipinski definition) is 0. The number of hydrogen-bond acceptors (Lipinski definition) is 7. The van der Waals surface area contributed by atoms with Crippen LogP contribution < -0.4 is 9.47 Å². The Bertz CT molecular complexity index is 845. The highest BCUT2D eigenvalue weighted by Crippen LogP contribution is 2.22. The zero-order chi connectivity index (χ0) is 16.9. The first kappa shape index (κ1) is 15.5. The molecule has 0 radical (unpaired) electrons. The van der Waals surface area contributed by atoms with E-state index in [1.165, 1.54) is 12.1 Å². The highest BCUT2D eigenvalue weighted by molar-refractivity contribution is 5.58. The standard InChI is InChI=1S/C16H13N3O5/c1-22-13-5-7-14(8-6-13)23-10-15-17-16(18-24-15)11-3-2-4-12(9-11)19(20)21/h2-9H,10H2,1H3. The number of nitrogens with zero attached hydrogens (tertiary/aromatic N) is 3. The SMILES string of the molecule is COc1ccc(OCc2nc(-c3cccc([N+](=O)[O-])c3)no2)cc1. The van der Waals surface area contributed by atoms with Crippen molar-refractivity contribution in [1.29, 1.82) is 0 Å². The second kappa shape index (κ2) is 6.78. The summed E-state index contributed by atoms with van der Waals surface area (Å²) < 4.78 is 15.7. The zero-order valence-electron chi connectivity index (χ0n) is 12.7. The van der Waals surface area contributed by atoms with E-state index in [1.807, 2.05) is 0 Å². The van der Waals surface area contributed by atoms with Crippen LogP contribution in [-0.4, -0.2) is 22.2 Å². The normalized spacial score (nSPS) is 10.4. The molecule has 0 saturated heterocycles. The van der Waals surface area contributed by atoms with E-state index in [1.54, 1.807) is 43.5 Å². The van der Waals surface area contributed by atoms with Crippen LogP contribution in [0.3, 0.4) is 0 Å². The molecule has 0 fully saturated rings. The Morgan fingerprint density at radius 3 is 2.62 bits per heavy atom. The summed E-state index contributed by atoms with van der Waals surface area (Å²) in [6.45, 7) is 0.0915. The van der Waals surface area contributed by atoms with Crippen LogP contribution in [0.15, 0.2) is 53.1 Å². The summed E-state index contributed by atoms with van der Waals surface area (Å²) in [5.74, 6) is 1.90. The van der Waals surface area contributed by atoms with Crippen LogP contribution in [-0.2, 0) is 6.61 Å². The topological polar surface area (TPSA) is 101 Å². The minimum absolute atomic E-state index is 0.0340. The molecule has 8 heteroatoms. The summed E-state index contributed by atoms with van der Waals surface area (Å²) in [6.07, 6.45) is 0. The Morgan fingerprint density at radius 1 is 1.17 bits per heavy atom. The second-order valence-corrected chi connectivity index (χ2v) is 4.78. The molecule has 0 aliphatic rings. The minimum Gasteiger partial charge on any atom is -0.497 e. The van der Waals surface area contributed by atoms with E-state index in [9.17, 15) is 10.1 Å². The third-order valence-electron chi connectivity index (χ3n) is 3.21. The van der Waals surface area contributed by atoms with E-state index in [-0.39, 0.29) is 24.0 Å². The molecule has 0 N–H and O–H groups in total. The van der Waals surface area contributed by atoms with Crippen molar-refractivity contribution < 1.29 is 18.9 Å². The van der Waals surface area contributed by atoms with Crippen LogP contribution in [0.4, 0.5) is 5.69 Å². The molecule has 8 nitrogen and oxygen atoms in total. The number of ether oxygens (including phenoxy) is 2. The van der Waals surface area contributed by atoms with Gasteiger partial charge < -0.3 is 14.0 Å². The van der Waals surface area contributed by atoms with Gasteiger partial charge in [0.25, 0.3) is 11.6 Å². The molecule has 0 saturated carbocycles. The van der Waals surface area contributed by atoms with E-state index >= 15 is 0 Å². The molecule has 0 unspecified atom stereocenters. The van der Waals surface area contributed by atoms with Crippen molar-refractivity contribution in [2.75, 3.05) is 7.11 Å². The van der Waals surface area contributed by atoms with Gasteiger partial charge in [0.15, 0.2) is 6.61 Å². The summed E-state index contributed by atoms with van der Waals surface area (Å²) in [4.78, 5) is 14.5.